The molecule has 7 heteroatoms. The minimum absolute atomic E-state index is 0.253. The van der Waals surface area contributed by atoms with Crippen molar-refractivity contribution in [1.29, 1.82) is 0 Å². The highest BCUT2D eigenvalue weighted by molar-refractivity contribution is 6.03. The summed E-state index contributed by atoms with van der Waals surface area (Å²) in [6.07, 6.45) is 4.29. The van der Waals surface area contributed by atoms with Gasteiger partial charge in [0.05, 0.1) is 18.2 Å². The van der Waals surface area contributed by atoms with E-state index in [4.69, 9.17) is 4.74 Å². The fourth-order valence-electron chi connectivity index (χ4n) is 2.76. The largest absolute Gasteiger partial charge is 0.443 e. The first-order chi connectivity index (χ1) is 11.8. The first-order valence-corrected chi connectivity index (χ1v) is 8.27. The Bertz CT molecular complexity index is 778. The van der Waals surface area contributed by atoms with E-state index in [1.54, 1.807) is 11.0 Å². The zero-order valence-electron chi connectivity index (χ0n) is 14.6. The number of H-pyrrole nitrogens is 1. The van der Waals surface area contributed by atoms with Gasteiger partial charge >= 0.3 is 6.09 Å². The molecule has 0 radical (unpaired) electrons. The van der Waals surface area contributed by atoms with Crippen LogP contribution in [0.2, 0.25) is 0 Å². The zero-order chi connectivity index (χ0) is 18.0. The lowest BCUT2D eigenvalue weighted by molar-refractivity contribution is 0.0577. The van der Waals surface area contributed by atoms with E-state index in [1.807, 2.05) is 32.9 Å². The maximum atomic E-state index is 12.4. The molecule has 7 nitrogen and oxygen atoms in total. The van der Waals surface area contributed by atoms with Crippen molar-refractivity contribution in [2.24, 2.45) is 0 Å². The molecule has 1 aromatic heterocycles. The van der Waals surface area contributed by atoms with Crippen molar-refractivity contribution in [1.82, 2.24) is 9.97 Å². The van der Waals surface area contributed by atoms with Crippen LogP contribution in [0.1, 0.15) is 43.2 Å². The summed E-state index contributed by atoms with van der Waals surface area (Å²) in [6.45, 7) is 6.18. The Balaban J connectivity index is 1.78. The Morgan fingerprint density at radius 1 is 1.32 bits per heavy atom. The number of benzene rings is 1. The summed E-state index contributed by atoms with van der Waals surface area (Å²) in [5.41, 5.74) is 2.39. The van der Waals surface area contributed by atoms with Crippen LogP contribution in [-0.4, -0.2) is 34.1 Å². The molecule has 2 aromatic rings. The minimum Gasteiger partial charge on any atom is -0.443 e. The number of aromatic amines is 1. The lowest BCUT2D eigenvalue weighted by atomic mass is 10.0. The van der Waals surface area contributed by atoms with Crippen LogP contribution in [0.4, 0.5) is 16.2 Å². The lowest BCUT2D eigenvalue weighted by Gasteiger charge is -2.32. The van der Waals surface area contributed by atoms with Crippen molar-refractivity contribution in [3.63, 3.8) is 0 Å². The second kappa shape index (κ2) is 6.58. The van der Waals surface area contributed by atoms with Crippen LogP contribution < -0.4 is 10.2 Å². The molecule has 0 aliphatic carbocycles. The quantitative estimate of drug-likeness (QED) is 0.876. The fraction of sp³-hybridized carbons (Fsp3) is 0.389. The van der Waals surface area contributed by atoms with Gasteiger partial charge in [-0.15, -0.1) is 0 Å². The van der Waals surface area contributed by atoms with Gasteiger partial charge in [-0.05, 0) is 57.4 Å². The standard InChI is InChI=1S/C18H22N4O3/c1-18(2,3)25-17(24)22-8-4-5-12-9-13(6-7-15(12)22)21-16(23)14-10-19-11-20-14/h6-7,9-11H,4-5,8H2,1-3H3,(H,19,20)(H,21,23). The first kappa shape index (κ1) is 17.0. The Kier molecular flexibility index (Phi) is 4.48. The fourth-order valence-corrected chi connectivity index (χ4v) is 2.76. The number of ether oxygens (including phenoxy) is 1. The summed E-state index contributed by atoms with van der Waals surface area (Å²) in [6, 6.07) is 5.54. The third-order valence-corrected chi connectivity index (χ3v) is 3.81. The van der Waals surface area contributed by atoms with E-state index >= 15 is 0 Å². The first-order valence-electron chi connectivity index (χ1n) is 8.27. The molecular formula is C18H22N4O3. The number of fused-ring (bicyclic) bond motifs is 1. The summed E-state index contributed by atoms with van der Waals surface area (Å²) >= 11 is 0. The van der Waals surface area contributed by atoms with Gasteiger partial charge in [0.25, 0.3) is 5.91 Å². The van der Waals surface area contributed by atoms with E-state index in [9.17, 15) is 9.59 Å². The van der Waals surface area contributed by atoms with Gasteiger partial charge in [-0.2, -0.15) is 0 Å². The van der Waals surface area contributed by atoms with Crippen LogP contribution in [0.15, 0.2) is 30.7 Å². The number of carbonyl (C=O) groups excluding carboxylic acids is 2. The third kappa shape index (κ3) is 3.99. The molecule has 3 rings (SSSR count). The molecule has 2 amide bonds. The zero-order valence-corrected chi connectivity index (χ0v) is 14.6. The molecule has 1 aliphatic rings. The number of nitrogens with one attached hydrogen (secondary N) is 2. The average Bonchev–Trinajstić information content (AvgIpc) is 3.07. The van der Waals surface area contributed by atoms with Crippen molar-refractivity contribution in [3.8, 4) is 0 Å². The number of carbonyl (C=O) groups is 2. The minimum atomic E-state index is -0.535. The molecule has 0 bridgehead atoms. The monoisotopic (exact) mass is 342 g/mol. The molecule has 0 saturated heterocycles. The second-order valence-corrected chi connectivity index (χ2v) is 7.00. The number of aromatic nitrogens is 2. The molecule has 0 unspecified atom stereocenters. The lowest BCUT2D eigenvalue weighted by Crippen LogP contribution is -2.39. The average molecular weight is 342 g/mol. The number of rotatable bonds is 2. The molecule has 1 aliphatic heterocycles. The topological polar surface area (TPSA) is 87.3 Å². The summed E-state index contributed by atoms with van der Waals surface area (Å²) < 4.78 is 5.48. The predicted octanol–water partition coefficient (Wildman–Crippen LogP) is 3.35. The van der Waals surface area contributed by atoms with Crippen LogP contribution >= 0.6 is 0 Å². The Morgan fingerprint density at radius 2 is 2.12 bits per heavy atom. The van der Waals surface area contributed by atoms with E-state index in [2.05, 4.69) is 15.3 Å². The molecular weight excluding hydrogens is 320 g/mol. The Hall–Kier alpha value is -2.83. The van der Waals surface area contributed by atoms with Gasteiger partial charge in [0, 0.05) is 12.2 Å². The van der Waals surface area contributed by atoms with Crippen LogP contribution in [-0.2, 0) is 11.2 Å². The third-order valence-electron chi connectivity index (χ3n) is 3.81. The van der Waals surface area contributed by atoms with Gasteiger partial charge in [-0.25, -0.2) is 9.78 Å². The summed E-state index contributed by atoms with van der Waals surface area (Å²) in [4.78, 5) is 32.8. The van der Waals surface area contributed by atoms with E-state index in [-0.39, 0.29) is 12.0 Å². The molecule has 0 saturated carbocycles. The van der Waals surface area contributed by atoms with E-state index in [0.29, 0.717) is 17.9 Å². The van der Waals surface area contributed by atoms with Gasteiger partial charge in [0.2, 0.25) is 0 Å². The van der Waals surface area contributed by atoms with Gasteiger partial charge in [-0.1, -0.05) is 0 Å². The normalized spacial score (nSPS) is 14.0. The van der Waals surface area contributed by atoms with E-state index in [1.165, 1.54) is 12.5 Å². The van der Waals surface area contributed by atoms with Gasteiger partial charge in [0.1, 0.15) is 11.3 Å². The van der Waals surface area contributed by atoms with Crippen molar-refractivity contribution in [3.05, 3.63) is 42.0 Å². The SMILES string of the molecule is CC(C)(C)OC(=O)N1CCCc2cc(NC(=O)c3cnc[nH]3)ccc21. The maximum Gasteiger partial charge on any atom is 0.414 e. The van der Waals surface area contributed by atoms with Crippen molar-refractivity contribution in [2.45, 2.75) is 39.2 Å². The van der Waals surface area contributed by atoms with Crippen molar-refractivity contribution in [2.75, 3.05) is 16.8 Å². The summed E-state index contributed by atoms with van der Waals surface area (Å²) in [7, 11) is 0. The molecule has 132 valence electrons. The molecule has 1 aromatic carbocycles. The maximum absolute atomic E-state index is 12.4. The van der Waals surface area contributed by atoms with Gasteiger partial charge in [-0.3, -0.25) is 9.69 Å². The summed E-state index contributed by atoms with van der Waals surface area (Å²) in [5.74, 6) is -0.253. The Labute approximate surface area is 146 Å². The van der Waals surface area contributed by atoms with Crippen LogP contribution in [0.5, 0.6) is 0 Å². The summed E-state index contributed by atoms with van der Waals surface area (Å²) in [5, 5.41) is 2.83. The second-order valence-electron chi connectivity index (χ2n) is 7.00. The number of amides is 2. The van der Waals surface area contributed by atoms with Gasteiger partial charge in [0.15, 0.2) is 0 Å². The molecule has 0 spiro atoms. The number of nitrogens with zero attached hydrogens (tertiary/aromatic N) is 2. The highest BCUT2D eigenvalue weighted by Gasteiger charge is 2.27. The number of anilines is 2. The van der Waals surface area contributed by atoms with Crippen LogP contribution in [0, 0.1) is 0 Å². The van der Waals surface area contributed by atoms with E-state index < -0.39 is 5.60 Å². The Morgan fingerprint density at radius 3 is 2.80 bits per heavy atom. The predicted molar refractivity (Wildman–Crippen MR) is 94.9 cm³/mol. The molecule has 0 atom stereocenters. The molecule has 0 fully saturated rings. The van der Waals surface area contributed by atoms with Gasteiger partial charge < -0.3 is 15.0 Å². The number of hydrogen-bond acceptors (Lipinski definition) is 4. The molecule has 2 heterocycles. The smallest absolute Gasteiger partial charge is 0.414 e. The van der Waals surface area contributed by atoms with Crippen LogP contribution in [0.3, 0.4) is 0 Å². The number of imidazole rings is 1. The van der Waals surface area contributed by atoms with Crippen molar-refractivity contribution < 1.29 is 14.3 Å². The highest BCUT2D eigenvalue weighted by atomic mass is 16.6. The molecule has 25 heavy (non-hydrogen) atoms. The molecule has 2 N–H and O–H groups in total. The highest BCUT2D eigenvalue weighted by Crippen LogP contribution is 2.31. The van der Waals surface area contributed by atoms with Crippen LogP contribution in [0.25, 0.3) is 0 Å². The number of hydrogen-bond donors (Lipinski definition) is 2. The number of aryl methyl sites for hydroxylation is 1. The van der Waals surface area contributed by atoms with E-state index in [0.717, 1.165) is 24.1 Å². The van der Waals surface area contributed by atoms with Crippen molar-refractivity contribution >= 4 is 23.4 Å².